The van der Waals surface area contributed by atoms with E-state index in [1.807, 2.05) is 27.7 Å². The van der Waals surface area contributed by atoms with E-state index in [1.165, 1.54) is 12.1 Å². The number of esters is 4. The molecule has 1 aromatic carbocycles. The van der Waals surface area contributed by atoms with E-state index in [1.54, 1.807) is 19.9 Å². The van der Waals surface area contributed by atoms with Gasteiger partial charge in [-0.1, -0.05) is 53.5 Å². The molecular formula is C28H43NO8. The standard InChI is InChI=1S/C28H43NO8/c1-7-9-11-25(30)36-23-14-13-21(16-24(23)37-26(31)12-10-8-2)15-22(29)28(33)35-19(5)17-34-27(32)20(6)18(3)4/h13-14,16,18-20,22H,7-12,15,17,29H2,1-6H3/t19-,20?,22-/m0/s1. The maximum atomic E-state index is 12.5. The van der Waals surface area contributed by atoms with Gasteiger partial charge in [0.2, 0.25) is 0 Å². The Balaban J connectivity index is 2.83. The Morgan fingerprint density at radius 3 is 1.95 bits per heavy atom. The van der Waals surface area contributed by atoms with Crippen LogP contribution in [-0.4, -0.2) is 42.6 Å². The molecule has 1 aromatic rings. The number of hydrogen-bond donors (Lipinski definition) is 1. The maximum absolute atomic E-state index is 12.5. The van der Waals surface area contributed by atoms with Crippen LogP contribution in [0.3, 0.4) is 0 Å². The molecule has 0 aliphatic rings. The van der Waals surface area contributed by atoms with Gasteiger partial charge in [-0.05, 0) is 49.8 Å². The van der Waals surface area contributed by atoms with Crippen LogP contribution in [0.4, 0.5) is 0 Å². The molecule has 0 saturated heterocycles. The van der Waals surface area contributed by atoms with Crippen LogP contribution in [0.5, 0.6) is 11.5 Å². The van der Waals surface area contributed by atoms with E-state index in [4.69, 9.17) is 24.7 Å². The summed E-state index contributed by atoms with van der Waals surface area (Å²) in [6.07, 6.45) is 2.95. The highest BCUT2D eigenvalue weighted by molar-refractivity contribution is 5.77. The molecule has 1 rings (SSSR count). The molecule has 0 saturated carbocycles. The highest BCUT2D eigenvalue weighted by Gasteiger charge is 2.23. The number of nitrogens with two attached hydrogens (primary N) is 1. The first-order chi connectivity index (χ1) is 17.5. The zero-order valence-electron chi connectivity index (χ0n) is 23.0. The van der Waals surface area contributed by atoms with E-state index in [-0.39, 0.29) is 55.2 Å². The third-order valence-corrected chi connectivity index (χ3v) is 5.83. The van der Waals surface area contributed by atoms with Crippen molar-refractivity contribution in [1.29, 1.82) is 0 Å². The van der Waals surface area contributed by atoms with Crippen LogP contribution in [0.25, 0.3) is 0 Å². The number of carbonyl (C=O) groups is 4. The normalized spacial score (nSPS) is 13.4. The molecular weight excluding hydrogens is 478 g/mol. The lowest BCUT2D eigenvalue weighted by molar-refractivity contribution is -0.161. The first-order valence-electron chi connectivity index (χ1n) is 13.1. The number of carbonyl (C=O) groups excluding carboxylic acids is 4. The fourth-order valence-electron chi connectivity index (χ4n) is 3.09. The Kier molecular flexibility index (Phi) is 14.5. The molecule has 0 aromatic heterocycles. The summed E-state index contributed by atoms with van der Waals surface area (Å²) in [5.41, 5.74) is 6.65. The van der Waals surface area contributed by atoms with Crippen molar-refractivity contribution in [3.05, 3.63) is 23.8 Å². The van der Waals surface area contributed by atoms with Crippen LogP contribution in [0.2, 0.25) is 0 Å². The first kappa shape index (κ1) is 32.1. The van der Waals surface area contributed by atoms with Crippen molar-refractivity contribution in [3.8, 4) is 11.5 Å². The van der Waals surface area contributed by atoms with Gasteiger partial charge in [-0.15, -0.1) is 0 Å². The molecule has 0 spiro atoms. The highest BCUT2D eigenvalue weighted by Crippen LogP contribution is 2.30. The van der Waals surface area contributed by atoms with Gasteiger partial charge in [-0.2, -0.15) is 0 Å². The third kappa shape index (κ3) is 12.2. The lowest BCUT2D eigenvalue weighted by Gasteiger charge is -2.19. The highest BCUT2D eigenvalue weighted by atomic mass is 16.6. The molecule has 1 unspecified atom stereocenters. The van der Waals surface area contributed by atoms with Gasteiger partial charge in [0.05, 0.1) is 5.92 Å². The molecule has 0 bridgehead atoms. The molecule has 3 atom stereocenters. The van der Waals surface area contributed by atoms with E-state index in [2.05, 4.69) is 0 Å². The Bertz CT molecular complexity index is 898. The second-order valence-electron chi connectivity index (χ2n) is 9.66. The number of unbranched alkanes of at least 4 members (excludes halogenated alkanes) is 2. The van der Waals surface area contributed by atoms with Crippen LogP contribution in [-0.2, 0) is 35.1 Å². The van der Waals surface area contributed by atoms with Gasteiger partial charge in [0, 0.05) is 12.8 Å². The summed E-state index contributed by atoms with van der Waals surface area (Å²) in [6.45, 7) is 11.1. The second kappa shape index (κ2) is 16.7. The lowest BCUT2D eigenvalue weighted by atomic mass is 9.99. The Labute approximate surface area is 220 Å². The SMILES string of the molecule is CCCCC(=O)Oc1ccc(C[C@H](N)C(=O)O[C@@H](C)COC(=O)C(C)C(C)C)cc1OC(=O)CCCC. The van der Waals surface area contributed by atoms with Gasteiger partial charge < -0.3 is 24.7 Å². The molecule has 0 amide bonds. The topological polar surface area (TPSA) is 131 Å². The van der Waals surface area contributed by atoms with E-state index in [0.717, 1.165) is 12.8 Å². The maximum Gasteiger partial charge on any atom is 0.323 e. The summed E-state index contributed by atoms with van der Waals surface area (Å²) in [4.78, 5) is 48.9. The van der Waals surface area contributed by atoms with Gasteiger partial charge >= 0.3 is 23.9 Å². The zero-order chi connectivity index (χ0) is 28.0. The van der Waals surface area contributed by atoms with Crippen molar-refractivity contribution >= 4 is 23.9 Å². The number of ether oxygens (including phenoxy) is 4. The minimum atomic E-state index is -1.01. The predicted octanol–water partition coefficient (Wildman–Crippen LogP) is 4.51. The van der Waals surface area contributed by atoms with Gasteiger partial charge in [0.15, 0.2) is 11.5 Å². The predicted molar refractivity (Wildman–Crippen MR) is 139 cm³/mol. The van der Waals surface area contributed by atoms with Crippen molar-refractivity contribution in [3.63, 3.8) is 0 Å². The first-order valence-corrected chi connectivity index (χ1v) is 13.1. The quantitative estimate of drug-likeness (QED) is 0.246. The molecule has 0 radical (unpaired) electrons. The van der Waals surface area contributed by atoms with Crippen LogP contribution in [0, 0.1) is 11.8 Å². The van der Waals surface area contributed by atoms with Crippen LogP contribution < -0.4 is 15.2 Å². The summed E-state index contributed by atoms with van der Waals surface area (Å²) in [5, 5.41) is 0. The Morgan fingerprint density at radius 2 is 1.41 bits per heavy atom. The fraction of sp³-hybridized carbons (Fsp3) is 0.643. The second-order valence-corrected chi connectivity index (χ2v) is 9.66. The molecule has 37 heavy (non-hydrogen) atoms. The zero-order valence-corrected chi connectivity index (χ0v) is 23.0. The molecule has 0 fully saturated rings. The third-order valence-electron chi connectivity index (χ3n) is 5.83. The average molecular weight is 522 g/mol. The van der Waals surface area contributed by atoms with Gasteiger partial charge in [-0.3, -0.25) is 19.2 Å². The fourth-order valence-corrected chi connectivity index (χ4v) is 3.09. The minimum Gasteiger partial charge on any atom is -0.462 e. The summed E-state index contributed by atoms with van der Waals surface area (Å²) < 4.78 is 21.4. The smallest absolute Gasteiger partial charge is 0.323 e. The van der Waals surface area contributed by atoms with Gasteiger partial charge in [-0.25, -0.2) is 0 Å². The molecule has 0 heterocycles. The van der Waals surface area contributed by atoms with E-state index < -0.39 is 30.1 Å². The van der Waals surface area contributed by atoms with Crippen LogP contribution in [0.1, 0.15) is 85.6 Å². The molecule has 9 nitrogen and oxygen atoms in total. The Hall–Kier alpha value is -2.94. The van der Waals surface area contributed by atoms with Gasteiger partial charge in [0.25, 0.3) is 0 Å². The van der Waals surface area contributed by atoms with Crippen LogP contribution in [0.15, 0.2) is 18.2 Å². The number of hydrogen-bond acceptors (Lipinski definition) is 9. The average Bonchev–Trinajstić information content (AvgIpc) is 2.85. The van der Waals surface area contributed by atoms with Crippen molar-refractivity contribution in [2.24, 2.45) is 17.6 Å². The summed E-state index contributed by atoms with van der Waals surface area (Å²) in [5.74, 6) is -1.75. The van der Waals surface area contributed by atoms with Crippen molar-refractivity contribution in [2.45, 2.75) is 98.6 Å². The number of rotatable bonds is 16. The van der Waals surface area contributed by atoms with Crippen molar-refractivity contribution < 1.29 is 38.1 Å². The van der Waals surface area contributed by atoms with Crippen molar-refractivity contribution in [2.75, 3.05) is 6.61 Å². The largest absolute Gasteiger partial charge is 0.462 e. The number of benzene rings is 1. The molecule has 0 aliphatic heterocycles. The van der Waals surface area contributed by atoms with Crippen molar-refractivity contribution in [1.82, 2.24) is 0 Å². The Morgan fingerprint density at radius 1 is 0.838 bits per heavy atom. The lowest BCUT2D eigenvalue weighted by Crippen LogP contribution is -2.37. The summed E-state index contributed by atoms with van der Waals surface area (Å²) >= 11 is 0. The minimum absolute atomic E-state index is 0.0652. The molecule has 208 valence electrons. The molecule has 0 aliphatic carbocycles. The van der Waals surface area contributed by atoms with Gasteiger partial charge in [0.1, 0.15) is 18.8 Å². The van der Waals surface area contributed by atoms with E-state index in [9.17, 15) is 19.2 Å². The summed E-state index contributed by atoms with van der Waals surface area (Å²) in [7, 11) is 0. The summed E-state index contributed by atoms with van der Waals surface area (Å²) in [6, 6.07) is 3.71. The van der Waals surface area contributed by atoms with Crippen LogP contribution >= 0.6 is 0 Å². The van der Waals surface area contributed by atoms with E-state index in [0.29, 0.717) is 18.4 Å². The monoisotopic (exact) mass is 521 g/mol. The molecule has 9 heteroatoms. The molecule has 2 N–H and O–H groups in total. The van der Waals surface area contributed by atoms with E-state index >= 15 is 0 Å².